The van der Waals surface area contributed by atoms with Crippen molar-refractivity contribution in [1.82, 2.24) is 14.9 Å². The third-order valence-corrected chi connectivity index (χ3v) is 4.01. The van der Waals surface area contributed by atoms with E-state index in [0.717, 1.165) is 29.1 Å². The third-order valence-electron chi connectivity index (χ3n) is 4.01. The van der Waals surface area contributed by atoms with Gasteiger partial charge in [0, 0.05) is 43.8 Å². The molecule has 2 heterocycles. The molecule has 0 saturated carbocycles. The first-order valence-corrected chi connectivity index (χ1v) is 8.68. The number of benzene rings is 1. The fourth-order valence-electron chi connectivity index (χ4n) is 2.76. The number of aromatic nitrogens is 2. The molecule has 0 radical (unpaired) electrons. The summed E-state index contributed by atoms with van der Waals surface area (Å²) in [6.45, 7) is 2.54. The van der Waals surface area contributed by atoms with E-state index in [-0.39, 0.29) is 6.61 Å². The molecule has 0 aliphatic rings. The molecular formula is C21H23N3O2. The minimum Gasteiger partial charge on any atom is -0.487 e. The van der Waals surface area contributed by atoms with Crippen LogP contribution in [0.1, 0.15) is 16.8 Å². The van der Waals surface area contributed by atoms with E-state index in [0.29, 0.717) is 19.7 Å². The summed E-state index contributed by atoms with van der Waals surface area (Å²) in [6, 6.07) is 17.8. The van der Waals surface area contributed by atoms with Crippen molar-refractivity contribution in [3.8, 4) is 5.75 Å². The number of rotatable bonds is 9. The summed E-state index contributed by atoms with van der Waals surface area (Å²) in [7, 11) is 0. The monoisotopic (exact) mass is 349 g/mol. The Morgan fingerprint density at radius 1 is 0.923 bits per heavy atom. The van der Waals surface area contributed by atoms with Crippen molar-refractivity contribution < 1.29 is 9.84 Å². The molecule has 0 unspecified atom stereocenters. The summed E-state index contributed by atoms with van der Waals surface area (Å²) in [4.78, 5) is 10.6. The van der Waals surface area contributed by atoms with Gasteiger partial charge in [-0.25, -0.2) is 0 Å². The molecule has 2 aromatic heterocycles. The predicted molar refractivity (Wildman–Crippen MR) is 100 cm³/mol. The zero-order valence-corrected chi connectivity index (χ0v) is 14.7. The van der Waals surface area contributed by atoms with Crippen LogP contribution in [0, 0.1) is 0 Å². The van der Waals surface area contributed by atoms with Crippen LogP contribution in [-0.4, -0.2) is 33.1 Å². The molecule has 0 aliphatic heterocycles. The van der Waals surface area contributed by atoms with E-state index in [9.17, 15) is 5.11 Å². The highest BCUT2D eigenvalue weighted by Gasteiger charge is 2.11. The van der Waals surface area contributed by atoms with Crippen LogP contribution in [0.25, 0.3) is 0 Å². The lowest BCUT2D eigenvalue weighted by Gasteiger charge is -2.22. The van der Waals surface area contributed by atoms with E-state index in [1.54, 1.807) is 12.4 Å². The van der Waals surface area contributed by atoms with Gasteiger partial charge in [0.15, 0.2) is 0 Å². The molecule has 1 aromatic carbocycles. The summed E-state index contributed by atoms with van der Waals surface area (Å²) in [5.74, 6) is 0.840. The second kappa shape index (κ2) is 9.65. The summed E-state index contributed by atoms with van der Waals surface area (Å²) in [5.41, 5.74) is 3.10. The molecular weight excluding hydrogens is 326 g/mol. The van der Waals surface area contributed by atoms with Gasteiger partial charge in [-0.3, -0.25) is 14.9 Å². The van der Waals surface area contributed by atoms with E-state index >= 15 is 0 Å². The van der Waals surface area contributed by atoms with Crippen LogP contribution in [0.3, 0.4) is 0 Å². The van der Waals surface area contributed by atoms with Crippen LogP contribution in [0.2, 0.25) is 0 Å². The zero-order valence-electron chi connectivity index (χ0n) is 14.7. The maximum atomic E-state index is 9.42. The Morgan fingerprint density at radius 3 is 2.58 bits per heavy atom. The number of hydrogen-bond acceptors (Lipinski definition) is 5. The van der Waals surface area contributed by atoms with Crippen LogP contribution >= 0.6 is 0 Å². The van der Waals surface area contributed by atoms with Gasteiger partial charge in [-0.2, -0.15) is 0 Å². The van der Waals surface area contributed by atoms with Crippen molar-refractivity contribution in [2.75, 3.05) is 13.2 Å². The first-order chi connectivity index (χ1) is 12.8. The van der Waals surface area contributed by atoms with Gasteiger partial charge in [-0.15, -0.1) is 0 Å². The predicted octanol–water partition coefficient (Wildman–Crippen LogP) is 3.05. The molecule has 0 spiro atoms. The Bertz CT molecular complexity index is 782. The molecule has 0 atom stereocenters. The molecule has 134 valence electrons. The first kappa shape index (κ1) is 18.0. The minimum absolute atomic E-state index is 0.108. The SMILES string of the molecule is OCCN(Cc1cccnc1)Cc1ccccc1OCc1ccccn1. The first-order valence-electron chi connectivity index (χ1n) is 8.68. The van der Waals surface area contributed by atoms with Crippen LogP contribution in [0.5, 0.6) is 5.75 Å². The fourth-order valence-corrected chi connectivity index (χ4v) is 2.76. The topological polar surface area (TPSA) is 58.5 Å². The lowest BCUT2D eigenvalue weighted by atomic mass is 10.1. The molecule has 5 heteroatoms. The molecule has 3 aromatic rings. The number of nitrogens with zero attached hydrogens (tertiary/aromatic N) is 3. The molecule has 0 fully saturated rings. The van der Waals surface area contributed by atoms with Crippen molar-refractivity contribution in [3.63, 3.8) is 0 Å². The summed E-state index contributed by atoms with van der Waals surface area (Å²) in [6.07, 6.45) is 5.38. The Labute approximate surface area is 153 Å². The Hall–Kier alpha value is -2.76. The standard InChI is InChI=1S/C21H23N3O2/c25-13-12-24(15-18-6-5-10-22-14-18)16-19-7-1-2-9-21(19)26-17-20-8-3-4-11-23-20/h1-11,14,25H,12-13,15-17H2. The molecule has 0 aliphatic carbocycles. The molecule has 0 amide bonds. The molecule has 26 heavy (non-hydrogen) atoms. The lowest BCUT2D eigenvalue weighted by molar-refractivity contribution is 0.181. The van der Waals surface area contributed by atoms with E-state index < -0.39 is 0 Å². The van der Waals surface area contributed by atoms with E-state index in [2.05, 4.69) is 20.9 Å². The van der Waals surface area contributed by atoms with Crippen LogP contribution in [-0.2, 0) is 19.7 Å². The number of aliphatic hydroxyl groups excluding tert-OH is 1. The summed E-state index contributed by atoms with van der Waals surface area (Å²) >= 11 is 0. The second-order valence-corrected chi connectivity index (χ2v) is 6.01. The largest absolute Gasteiger partial charge is 0.487 e. The summed E-state index contributed by atoms with van der Waals surface area (Å²) < 4.78 is 5.99. The van der Waals surface area contributed by atoms with Gasteiger partial charge in [0.05, 0.1) is 12.3 Å². The third kappa shape index (κ3) is 5.37. The number of hydrogen-bond donors (Lipinski definition) is 1. The van der Waals surface area contributed by atoms with Crippen molar-refractivity contribution in [2.24, 2.45) is 0 Å². The van der Waals surface area contributed by atoms with Crippen LogP contribution in [0.15, 0.2) is 73.2 Å². The number of pyridine rings is 2. The average Bonchev–Trinajstić information content (AvgIpc) is 2.69. The summed E-state index contributed by atoms with van der Waals surface area (Å²) in [5, 5.41) is 9.42. The zero-order chi connectivity index (χ0) is 18.0. The van der Waals surface area contributed by atoms with E-state index in [1.165, 1.54) is 0 Å². The Kier molecular flexibility index (Phi) is 6.70. The smallest absolute Gasteiger partial charge is 0.130 e. The number of aliphatic hydroxyl groups is 1. The van der Waals surface area contributed by atoms with Gasteiger partial charge in [0.1, 0.15) is 12.4 Å². The van der Waals surface area contributed by atoms with Crippen molar-refractivity contribution in [1.29, 1.82) is 0 Å². The number of para-hydroxylation sites is 1. The normalized spacial score (nSPS) is 10.8. The lowest BCUT2D eigenvalue weighted by Crippen LogP contribution is -2.26. The van der Waals surface area contributed by atoms with Crippen molar-refractivity contribution in [3.05, 3.63) is 90.0 Å². The van der Waals surface area contributed by atoms with Gasteiger partial charge in [0.25, 0.3) is 0 Å². The molecule has 3 rings (SSSR count). The highest BCUT2D eigenvalue weighted by Crippen LogP contribution is 2.21. The molecule has 0 saturated heterocycles. The molecule has 1 N–H and O–H groups in total. The second-order valence-electron chi connectivity index (χ2n) is 6.01. The molecule has 0 bridgehead atoms. The van der Waals surface area contributed by atoms with Gasteiger partial charge >= 0.3 is 0 Å². The Balaban J connectivity index is 1.68. The average molecular weight is 349 g/mol. The van der Waals surface area contributed by atoms with Crippen LogP contribution < -0.4 is 4.74 Å². The van der Waals surface area contributed by atoms with Crippen molar-refractivity contribution in [2.45, 2.75) is 19.7 Å². The van der Waals surface area contributed by atoms with Gasteiger partial charge in [0.2, 0.25) is 0 Å². The maximum absolute atomic E-state index is 9.42. The van der Waals surface area contributed by atoms with E-state index in [4.69, 9.17) is 4.74 Å². The van der Waals surface area contributed by atoms with Crippen LogP contribution in [0.4, 0.5) is 0 Å². The van der Waals surface area contributed by atoms with Gasteiger partial charge < -0.3 is 9.84 Å². The number of ether oxygens (including phenoxy) is 1. The minimum atomic E-state index is 0.108. The van der Waals surface area contributed by atoms with Crippen molar-refractivity contribution >= 4 is 0 Å². The highest BCUT2D eigenvalue weighted by atomic mass is 16.5. The molecule has 5 nitrogen and oxygen atoms in total. The maximum Gasteiger partial charge on any atom is 0.130 e. The quantitative estimate of drug-likeness (QED) is 0.643. The van der Waals surface area contributed by atoms with E-state index in [1.807, 2.05) is 54.7 Å². The van der Waals surface area contributed by atoms with Gasteiger partial charge in [-0.05, 0) is 29.8 Å². The highest BCUT2D eigenvalue weighted by molar-refractivity contribution is 5.33. The fraction of sp³-hybridized carbons (Fsp3) is 0.238. The van der Waals surface area contributed by atoms with Gasteiger partial charge in [-0.1, -0.05) is 30.3 Å². The Morgan fingerprint density at radius 2 is 1.81 bits per heavy atom.